The molecule has 20 heavy (non-hydrogen) atoms. The van der Waals surface area contributed by atoms with Gasteiger partial charge in [-0.25, -0.2) is 0 Å². The van der Waals surface area contributed by atoms with E-state index in [0.717, 1.165) is 6.42 Å². The highest BCUT2D eigenvalue weighted by atomic mass is 16.4. The van der Waals surface area contributed by atoms with E-state index in [-0.39, 0.29) is 11.8 Å². The lowest BCUT2D eigenvalue weighted by Crippen LogP contribution is -2.48. The van der Waals surface area contributed by atoms with Crippen molar-refractivity contribution >= 4 is 11.9 Å². The largest absolute Gasteiger partial charge is 0.481 e. The van der Waals surface area contributed by atoms with E-state index >= 15 is 0 Å². The van der Waals surface area contributed by atoms with Crippen molar-refractivity contribution in [3.05, 3.63) is 0 Å². The number of hydrogen-bond donors (Lipinski definition) is 2. The third kappa shape index (κ3) is 3.14. The normalized spacial score (nSPS) is 33.1. The predicted octanol–water partition coefficient (Wildman–Crippen LogP) is 1.50. The summed E-state index contributed by atoms with van der Waals surface area (Å²) in [4.78, 5) is 25.7. The van der Waals surface area contributed by atoms with E-state index in [2.05, 4.69) is 6.92 Å². The van der Waals surface area contributed by atoms with Crippen molar-refractivity contribution in [3.8, 4) is 0 Å². The third-order valence-electron chi connectivity index (χ3n) is 5.02. The molecule has 2 rings (SSSR count). The maximum absolute atomic E-state index is 12.6. The highest BCUT2D eigenvalue weighted by Gasteiger charge is 2.44. The molecule has 114 valence electrons. The van der Waals surface area contributed by atoms with Crippen LogP contribution in [-0.2, 0) is 9.59 Å². The Kier molecular flexibility index (Phi) is 4.37. The summed E-state index contributed by atoms with van der Waals surface area (Å²) in [6.07, 6.45) is 3.38. The molecule has 0 radical (unpaired) electrons. The molecule has 1 heterocycles. The van der Waals surface area contributed by atoms with Gasteiger partial charge in [0.15, 0.2) is 0 Å². The molecule has 1 saturated heterocycles. The Labute approximate surface area is 120 Å². The fourth-order valence-corrected chi connectivity index (χ4v) is 3.47. The van der Waals surface area contributed by atoms with Crippen molar-refractivity contribution in [2.45, 2.75) is 51.6 Å². The number of carbonyl (C=O) groups excluding carboxylic acids is 1. The summed E-state index contributed by atoms with van der Waals surface area (Å²) >= 11 is 0. The van der Waals surface area contributed by atoms with E-state index in [4.69, 9.17) is 0 Å². The molecule has 1 saturated carbocycles. The predicted molar refractivity (Wildman–Crippen MR) is 74.1 cm³/mol. The summed E-state index contributed by atoms with van der Waals surface area (Å²) < 4.78 is 0. The van der Waals surface area contributed by atoms with Gasteiger partial charge in [-0.1, -0.05) is 13.3 Å². The van der Waals surface area contributed by atoms with E-state index in [1.807, 2.05) is 0 Å². The highest BCUT2D eigenvalue weighted by molar-refractivity contribution is 5.85. The Bertz CT molecular complexity index is 383. The summed E-state index contributed by atoms with van der Waals surface area (Å²) in [5.41, 5.74) is -0.690. The summed E-state index contributed by atoms with van der Waals surface area (Å²) in [5, 5.41) is 19.2. The Hall–Kier alpha value is -1.10. The van der Waals surface area contributed by atoms with Crippen LogP contribution in [0.5, 0.6) is 0 Å². The lowest BCUT2D eigenvalue weighted by Gasteiger charge is -2.37. The smallest absolute Gasteiger partial charge is 0.307 e. The van der Waals surface area contributed by atoms with Crippen LogP contribution in [-0.4, -0.2) is 45.7 Å². The summed E-state index contributed by atoms with van der Waals surface area (Å²) in [6.45, 7) is 4.91. The Morgan fingerprint density at radius 1 is 1.20 bits per heavy atom. The average molecular weight is 283 g/mol. The van der Waals surface area contributed by atoms with Crippen molar-refractivity contribution in [1.82, 2.24) is 4.90 Å². The van der Waals surface area contributed by atoms with E-state index in [1.54, 1.807) is 11.8 Å². The van der Waals surface area contributed by atoms with Gasteiger partial charge in [0.25, 0.3) is 0 Å². The van der Waals surface area contributed by atoms with Crippen LogP contribution in [0.4, 0.5) is 0 Å². The number of nitrogens with zero attached hydrogens (tertiary/aromatic N) is 1. The fraction of sp³-hybridized carbons (Fsp3) is 0.867. The fourth-order valence-electron chi connectivity index (χ4n) is 3.47. The lowest BCUT2D eigenvalue weighted by atomic mass is 9.90. The monoisotopic (exact) mass is 283 g/mol. The third-order valence-corrected chi connectivity index (χ3v) is 5.02. The van der Waals surface area contributed by atoms with Gasteiger partial charge in [-0.3, -0.25) is 9.59 Å². The first-order chi connectivity index (χ1) is 9.34. The number of likely N-dealkylation sites (tertiary alicyclic amines) is 1. The molecule has 1 amide bonds. The van der Waals surface area contributed by atoms with Gasteiger partial charge in [0.1, 0.15) is 0 Å². The van der Waals surface area contributed by atoms with Gasteiger partial charge < -0.3 is 15.1 Å². The molecule has 0 bridgehead atoms. The zero-order valence-electron chi connectivity index (χ0n) is 12.3. The van der Waals surface area contributed by atoms with Gasteiger partial charge in [0.2, 0.25) is 5.91 Å². The SMILES string of the molecule is CCC1CC(C(=O)O)C(C(=O)N2CCC(C)(O)CC2)C1. The van der Waals surface area contributed by atoms with Crippen LogP contribution in [0, 0.1) is 17.8 Å². The van der Waals surface area contributed by atoms with Crippen molar-refractivity contribution in [2.24, 2.45) is 17.8 Å². The standard InChI is InChI=1S/C15H25NO4/c1-3-10-8-11(12(9-10)14(18)19)13(17)16-6-4-15(2,20)5-7-16/h10-12,20H,3-9H2,1-2H3,(H,18,19). The lowest BCUT2D eigenvalue weighted by molar-refractivity contribution is -0.150. The van der Waals surface area contributed by atoms with Crippen LogP contribution in [0.3, 0.4) is 0 Å². The summed E-state index contributed by atoms with van der Waals surface area (Å²) in [7, 11) is 0. The van der Waals surface area contributed by atoms with E-state index < -0.39 is 17.5 Å². The van der Waals surface area contributed by atoms with Crippen molar-refractivity contribution in [2.75, 3.05) is 13.1 Å². The number of aliphatic hydroxyl groups is 1. The van der Waals surface area contributed by atoms with Gasteiger partial charge in [-0.2, -0.15) is 0 Å². The van der Waals surface area contributed by atoms with Crippen LogP contribution in [0.25, 0.3) is 0 Å². The molecule has 3 atom stereocenters. The first kappa shape index (κ1) is 15.3. The molecule has 2 aliphatic rings. The van der Waals surface area contributed by atoms with Gasteiger partial charge in [0.05, 0.1) is 17.4 Å². The molecule has 0 aromatic heterocycles. The second kappa shape index (κ2) is 5.72. The zero-order chi connectivity index (χ0) is 14.9. The number of carbonyl (C=O) groups is 2. The molecule has 5 nitrogen and oxygen atoms in total. The maximum Gasteiger partial charge on any atom is 0.307 e. The molecule has 0 aromatic carbocycles. The van der Waals surface area contributed by atoms with Crippen molar-refractivity contribution < 1.29 is 19.8 Å². The van der Waals surface area contributed by atoms with E-state index in [0.29, 0.717) is 44.7 Å². The molecule has 5 heteroatoms. The molecule has 3 unspecified atom stereocenters. The first-order valence-electron chi connectivity index (χ1n) is 7.58. The molecule has 2 N–H and O–H groups in total. The second-order valence-electron chi connectivity index (χ2n) is 6.62. The minimum Gasteiger partial charge on any atom is -0.481 e. The number of amides is 1. The maximum atomic E-state index is 12.6. The Balaban J connectivity index is 2.02. The molecule has 1 aliphatic heterocycles. The Morgan fingerprint density at radius 3 is 2.25 bits per heavy atom. The van der Waals surface area contributed by atoms with E-state index in [9.17, 15) is 19.8 Å². The van der Waals surface area contributed by atoms with Crippen molar-refractivity contribution in [3.63, 3.8) is 0 Å². The molecule has 1 aliphatic carbocycles. The van der Waals surface area contributed by atoms with Crippen LogP contribution >= 0.6 is 0 Å². The minimum absolute atomic E-state index is 0.0242. The number of rotatable bonds is 3. The van der Waals surface area contributed by atoms with Gasteiger partial charge in [-0.05, 0) is 38.5 Å². The highest BCUT2D eigenvalue weighted by Crippen LogP contribution is 2.40. The number of carboxylic acid groups (broad SMARTS) is 1. The first-order valence-corrected chi connectivity index (χ1v) is 7.58. The molecular formula is C15H25NO4. The van der Waals surface area contributed by atoms with Crippen molar-refractivity contribution in [1.29, 1.82) is 0 Å². The number of carboxylic acids is 1. The average Bonchev–Trinajstić information content (AvgIpc) is 2.82. The second-order valence-corrected chi connectivity index (χ2v) is 6.62. The molecule has 0 spiro atoms. The van der Waals surface area contributed by atoms with E-state index in [1.165, 1.54) is 0 Å². The topological polar surface area (TPSA) is 77.8 Å². The number of piperidine rings is 1. The summed E-state index contributed by atoms with van der Waals surface area (Å²) in [6, 6.07) is 0. The number of aliphatic carboxylic acids is 1. The van der Waals surface area contributed by atoms with Gasteiger partial charge >= 0.3 is 5.97 Å². The van der Waals surface area contributed by atoms with Crippen LogP contribution in [0.2, 0.25) is 0 Å². The molecule has 2 fully saturated rings. The molecule has 0 aromatic rings. The van der Waals surface area contributed by atoms with Crippen LogP contribution in [0.1, 0.15) is 46.0 Å². The van der Waals surface area contributed by atoms with Gasteiger partial charge in [0, 0.05) is 13.1 Å². The Morgan fingerprint density at radius 2 is 1.75 bits per heavy atom. The molecular weight excluding hydrogens is 258 g/mol. The van der Waals surface area contributed by atoms with Crippen LogP contribution in [0.15, 0.2) is 0 Å². The van der Waals surface area contributed by atoms with Crippen LogP contribution < -0.4 is 0 Å². The summed E-state index contributed by atoms with van der Waals surface area (Å²) in [5.74, 6) is -1.43. The van der Waals surface area contributed by atoms with Gasteiger partial charge in [-0.15, -0.1) is 0 Å². The zero-order valence-corrected chi connectivity index (χ0v) is 12.3. The minimum atomic E-state index is -0.844. The number of hydrogen-bond acceptors (Lipinski definition) is 3. The quantitative estimate of drug-likeness (QED) is 0.822.